The number of likely N-dealkylation sites (tertiary alicyclic amines) is 1. The van der Waals surface area contributed by atoms with Crippen LogP contribution in [0.3, 0.4) is 0 Å². The molecule has 0 amide bonds. The molecule has 0 aliphatic carbocycles. The largest absolute Gasteiger partial charge is 0.379 e. The smallest absolute Gasteiger partial charge is 0.0518 e. The maximum Gasteiger partial charge on any atom is 0.0518 e. The third kappa shape index (κ3) is 5.83. The fourth-order valence-corrected chi connectivity index (χ4v) is 2.19. The highest BCUT2D eigenvalue weighted by atomic mass is 16.5. The van der Waals surface area contributed by atoms with Gasteiger partial charge in [-0.3, -0.25) is 4.90 Å². The van der Waals surface area contributed by atoms with Crippen LogP contribution in [0.4, 0.5) is 0 Å². The van der Waals surface area contributed by atoms with Crippen LogP contribution in [0.2, 0.25) is 0 Å². The first-order chi connectivity index (χ1) is 7.70. The molecule has 0 aromatic heterocycles. The number of nitrogens with one attached hydrogen (secondary N) is 1. The van der Waals surface area contributed by atoms with Crippen LogP contribution in [0, 0.1) is 0 Å². The lowest BCUT2D eigenvalue weighted by Crippen LogP contribution is -2.34. The van der Waals surface area contributed by atoms with Gasteiger partial charge in [-0.1, -0.05) is 0 Å². The van der Waals surface area contributed by atoms with E-state index in [0.717, 1.165) is 32.2 Å². The molecule has 1 unspecified atom stereocenters. The Morgan fingerprint density at radius 1 is 1.38 bits per heavy atom. The van der Waals surface area contributed by atoms with E-state index in [-0.39, 0.29) is 0 Å². The van der Waals surface area contributed by atoms with E-state index in [9.17, 15) is 0 Å². The van der Waals surface area contributed by atoms with Crippen LogP contribution in [0.1, 0.15) is 40.0 Å². The molecule has 3 heteroatoms. The van der Waals surface area contributed by atoms with Crippen LogP contribution in [0.15, 0.2) is 0 Å². The van der Waals surface area contributed by atoms with Crippen molar-refractivity contribution in [1.29, 1.82) is 0 Å². The topological polar surface area (TPSA) is 24.5 Å². The Bertz CT molecular complexity index is 173. The second-order valence-electron chi connectivity index (χ2n) is 5.05. The normalized spacial score (nSPS) is 22.1. The molecule has 0 aromatic carbocycles. The van der Waals surface area contributed by atoms with Crippen molar-refractivity contribution in [2.45, 2.75) is 52.2 Å². The molecule has 1 aliphatic heterocycles. The average molecular weight is 228 g/mol. The van der Waals surface area contributed by atoms with Crippen molar-refractivity contribution in [3.05, 3.63) is 0 Å². The first-order valence-electron chi connectivity index (χ1n) is 6.76. The third-order valence-electron chi connectivity index (χ3n) is 3.22. The average Bonchev–Trinajstić information content (AvgIpc) is 2.62. The molecule has 96 valence electrons. The minimum absolute atomic E-state index is 0.366. The second-order valence-corrected chi connectivity index (χ2v) is 5.05. The van der Waals surface area contributed by atoms with E-state index in [1.54, 1.807) is 0 Å². The molecule has 1 atom stereocenters. The quantitative estimate of drug-likeness (QED) is 0.642. The molecule has 3 nitrogen and oxygen atoms in total. The molecule has 16 heavy (non-hydrogen) atoms. The summed E-state index contributed by atoms with van der Waals surface area (Å²) in [7, 11) is 0. The van der Waals surface area contributed by atoms with Gasteiger partial charge in [-0.25, -0.2) is 0 Å². The van der Waals surface area contributed by atoms with Crippen molar-refractivity contribution in [1.82, 2.24) is 10.2 Å². The number of hydrogen-bond donors (Lipinski definition) is 1. The molecule has 1 aliphatic rings. The first-order valence-corrected chi connectivity index (χ1v) is 6.76. The van der Waals surface area contributed by atoms with Crippen LogP contribution >= 0.6 is 0 Å². The van der Waals surface area contributed by atoms with Crippen LogP contribution in [-0.2, 0) is 4.74 Å². The molecular formula is C13H28N2O. The van der Waals surface area contributed by atoms with E-state index in [2.05, 4.69) is 31.0 Å². The molecular weight excluding hydrogens is 200 g/mol. The zero-order valence-corrected chi connectivity index (χ0v) is 11.2. The van der Waals surface area contributed by atoms with Crippen molar-refractivity contribution in [3.8, 4) is 0 Å². The predicted octanol–water partition coefficient (Wildman–Crippen LogP) is 1.88. The summed E-state index contributed by atoms with van der Waals surface area (Å²) in [5, 5.41) is 3.48. The molecule has 0 aromatic rings. The lowest BCUT2D eigenvalue weighted by molar-refractivity contribution is 0.0770. The molecule has 1 N–H and O–H groups in total. The highest BCUT2D eigenvalue weighted by Gasteiger charge is 2.18. The zero-order chi connectivity index (χ0) is 11.8. The predicted molar refractivity (Wildman–Crippen MR) is 68.8 cm³/mol. The van der Waals surface area contributed by atoms with Crippen molar-refractivity contribution >= 4 is 0 Å². The maximum absolute atomic E-state index is 5.49. The van der Waals surface area contributed by atoms with E-state index in [1.807, 2.05) is 0 Å². The third-order valence-corrected chi connectivity index (χ3v) is 3.22. The Hall–Kier alpha value is -0.120. The summed E-state index contributed by atoms with van der Waals surface area (Å²) < 4.78 is 5.49. The van der Waals surface area contributed by atoms with Gasteiger partial charge < -0.3 is 10.1 Å². The summed E-state index contributed by atoms with van der Waals surface area (Å²) in [5.74, 6) is 0. The molecule has 1 heterocycles. The Kier molecular flexibility index (Phi) is 7.01. The summed E-state index contributed by atoms with van der Waals surface area (Å²) in [6.07, 6.45) is 4.24. The van der Waals surface area contributed by atoms with Crippen molar-refractivity contribution in [2.75, 3.05) is 32.8 Å². The Balaban J connectivity index is 1.84. The van der Waals surface area contributed by atoms with Crippen LogP contribution in [0.5, 0.6) is 0 Å². The van der Waals surface area contributed by atoms with Gasteiger partial charge in [0.2, 0.25) is 0 Å². The Morgan fingerprint density at radius 3 is 2.81 bits per heavy atom. The molecule has 0 radical (unpaired) electrons. The summed E-state index contributed by atoms with van der Waals surface area (Å²) in [5.41, 5.74) is 0. The van der Waals surface area contributed by atoms with E-state index in [1.165, 1.54) is 25.9 Å². The Morgan fingerprint density at radius 2 is 2.19 bits per heavy atom. The molecule has 1 rings (SSSR count). The van der Waals surface area contributed by atoms with Gasteiger partial charge in [0.25, 0.3) is 0 Å². The molecule has 0 saturated carbocycles. The van der Waals surface area contributed by atoms with E-state index in [4.69, 9.17) is 4.74 Å². The second kappa shape index (κ2) is 8.04. The van der Waals surface area contributed by atoms with Gasteiger partial charge in [0.1, 0.15) is 0 Å². The molecule has 0 spiro atoms. The standard InChI is InChI=1S/C13H28N2O/c1-12(2)16-11-5-7-14-8-10-15-9-4-6-13(15)3/h12-14H,4-11H2,1-3H3. The fraction of sp³-hybridized carbons (Fsp3) is 1.00. The van der Waals surface area contributed by atoms with Crippen LogP contribution < -0.4 is 5.32 Å². The van der Waals surface area contributed by atoms with Gasteiger partial charge in [0.15, 0.2) is 0 Å². The van der Waals surface area contributed by atoms with Crippen molar-refractivity contribution in [2.24, 2.45) is 0 Å². The van der Waals surface area contributed by atoms with Crippen molar-refractivity contribution in [3.63, 3.8) is 0 Å². The number of ether oxygens (including phenoxy) is 1. The maximum atomic E-state index is 5.49. The lowest BCUT2D eigenvalue weighted by atomic mass is 10.2. The summed E-state index contributed by atoms with van der Waals surface area (Å²) in [6, 6.07) is 0.797. The SMILES string of the molecule is CC(C)OCCCNCCN1CCCC1C. The Labute approximate surface area is 101 Å². The molecule has 0 bridgehead atoms. The van der Waals surface area contributed by atoms with Gasteiger partial charge in [-0.05, 0) is 53.1 Å². The van der Waals surface area contributed by atoms with Crippen LogP contribution in [0.25, 0.3) is 0 Å². The van der Waals surface area contributed by atoms with E-state index >= 15 is 0 Å². The number of nitrogens with zero attached hydrogens (tertiary/aromatic N) is 1. The van der Waals surface area contributed by atoms with E-state index < -0.39 is 0 Å². The van der Waals surface area contributed by atoms with Crippen LogP contribution in [-0.4, -0.2) is 49.8 Å². The number of rotatable bonds is 8. The van der Waals surface area contributed by atoms with Gasteiger partial charge in [-0.15, -0.1) is 0 Å². The van der Waals surface area contributed by atoms with Gasteiger partial charge >= 0.3 is 0 Å². The van der Waals surface area contributed by atoms with Gasteiger partial charge in [0.05, 0.1) is 6.10 Å². The molecule has 1 saturated heterocycles. The van der Waals surface area contributed by atoms with Crippen molar-refractivity contribution < 1.29 is 4.74 Å². The van der Waals surface area contributed by atoms with Gasteiger partial charge in [-0.2, -0.15) is 0 Å². The van der Waals surface area contributed by atoms with E-state index in [0.29, 0.717) is 6.10 Å². The molecule has 1 fully saturated rings. The minimum Gasteiger partial charge on any atom is -0.379 e. The zero-order valence-electron chi connectivity index (χ0n) is 11.2. The highest BCUT2D eigenvalue weighted by molar-refractivity contribution is 4.75. The van der Waals surface area contributed by atoms with Gasteiger partial charge in [0, 0.05) is 25.7 Å². The lowest BCUT2D eigenvalue weighted by Gasteiger charge is -2.20. The fourth-order valence-electron chi connectivity index (χ4n) is 2.19. The first kappa shape index (κ1) is 13.9. The highest BCUT2D eigenvalue weighted by Crippen LogP contribution is 2.14. The monoisotopic (exact) mass is 228 g/mol. The summed E-state index contributed by atoms with van der Waals surface area (Å²) >= 11 is 0. The number of hydrogen-bond acceptors (Lipinski definition) is 3. The minimum atomic E-state index is 0.366. The summed E-state index contributed by atoms with van der Waals surface area (Å²) in [6.45, 7) is 12.1. The summed E-state index contributed by atoms with van der Waals surface area (Å²) in [4.78, 5) is 2.58.